The van der Waals surface area contributed by atoms with Gasteiger partial charge >= 0.3 is 0 Å². The molecule has 0 aromatic rings. The molecule has 0 aliphatic heterocycles. The van der Waals surface area contributed by atoms with E-state index in [0.717, 1.165) is 6.61 Å². The molecular weight excluding hydrogens is 184 g/mol. The Balaban J connectivity index is 3.15. The lowest BCUT2D eigenvalue weighted by Crippen LogP contribution is -2.21. The van der Waals surface area contributed by atoms with Crippen LogP contribution in [0.5, 0.6) is 0 Å². The van der Waals surface area contributed by atoms with E-state index in [2.05, 4.69) is 0 Å². The molecule has 14 heavy (non-hydrogen) atoms. The average molecular weight is 206 g/mol. The Morgan fingerprint density at radius 1 is 1.07 bits per heavy atom. The highest BCUT2D eigenvalue weighted by atomic mass is 16.6. The molecule has 0 radical (unpaired) electrons. The van der Waals surface area contributed by atoms with Gasteiger partial charge in [-0.2, -0.15) is 0 Å². The van der Waals surface area contributed by atoms with Crippen LogP contribution in [0, 0.1) is 0 Å². The highest BCUT2D eigenvalue weighted by molar-refractivity contribution is 4.49. The lowest BCUT2D eigenvalue weighted by Gasteiger charge is -2.14. The second-order valence-electron chi connectivity index (χ2n) is 3.26. The third-order valence-corrected chi connectivity index (χ3v) is 1.55. The zero-order valence-corrected chi connectivity index (χ0v) is 9.36. The van der Waals surface area contributed by atoms with Crippen molar-refractivity contribution in [1.29, 1.82) is 0 Å². The summed E-state index contributed by atoms with van der Waals surface area (Å²) in [6.45, 7) is 8.39. The Labute approximate surface area is 86.2 Å². The third kappa shape index (κ3) is 9.92. The summed E-state index contributed by atoms with van der Waals surface area (Å²) in [6, 6.07) is 0. The van der Waals surface area contributed by atoms with E-state index in [1.165, 1.54) is 0 Å². The maximum atomic E-state index is 8.93. The monoisotopic (exact) mass is 206 g/mol. The normalized spacial score (nSPS) is 15.4. The molecular formula is C10H22O4. The number of rotatable bonds is 9. The van der Waals surface area contributed by atoms with Gasteiger partial charge in [-0.25, -0.2) is 0 Å². The van der Waals surface area contributed by atoms with Gasteiger partial charge in [0.05, 0.1) is 38.6 Å². The summed E-state index contributed by atoms with van der Waals surface area (Å²) >= 11 is 0. The molecule has 0 saturated carbocycles. The SMILES string of the molecule is CCOCCOC(C)COCC(C)O. The van der Waals surface area contributed by atoms with Gasteiger partial charge in [-0.05, 0) is 20.8 Å². The first-order valence-corrected chi connectivity index (χ1v) is 5.12. The molecule has 0 rings (SSSR count). The minimum atomic E-state index is -0.411. The fourth-order valence-corrected chi connectivity index (χ4v) is 0.905. The van der Waals surface area contributed by atoms with Crippen molar-refractivity contribution >= 4 is 0 Å². The Morgan fingerprint density at radius 2 is 1.79 bits per heavy atom. The summed E-state index contributed by atoms with van der Waals surface area (Å²) in [4.78, 5) is 0. The topological polar surface area (TPSA) is 47.9 Å². The van der Waals surface area contributed by atoms with E-state index >= 15 is 0 Å². The Morgan fingerprint density at radius 3 is 2.36 bits per heavy atom. The molecule has 4 nitrogen and oxygen atoms in total. The van der Waals surface area contributed by atoms with E-state index in [0.29, 0.717) is 26.4 Å². The number of aliphatic hydroxyl groups is 1. The summed E-state index contributed by atoms with van der Waals surface area (Å²) < 4.78 is 15.7. The van der Waals surface area contributed by atoms with Crippen LogP contribution in [-0.2, 0) is 14.2 Å². The van der Waals surface area contributed by atoms with Crippen molar-refractivity contribution in [3.05, 3.63) is 0 Å². The molecule has 4 heteroatoms. The van der Waals surface area contributed by atoms with Crippen molar-refractivity contribution in [2.24, 2.45) is 0 Å². The first-order valence-electron chi connectivity index (χ1n) is 5.12. The predicted octanol–water partition coefficient (Wildman–Crippen LogP) is 0.825. The zero-order chi connectivity index (χ0) is 10.8. The van der Waals surface area contributed by atoms with Gasteiger partial charge in [0, 0.05) is 6.61 Å². The van der Waals surface area contributed by atoms with Gasteiger partial charge in [0.15, 0.2) is 0 Å². The van der Waals surface area contributed by atoms with E-state index in [4.69, 9.17) is 19.3 Å². The second-order valence-corrected chi connectivity index (χ2v) is 3.26. The lowest BCUT2D eigenvalue weighted by molar-refractivity contribution is -0.0427. The van der Waals surface area contributed by atoms with E-state index in [9.17, 15) is 0 Å². The number of aliphatic hydroxyl groups excluding tert-OH is 1. The summed E-state index contributed by atoms with van der Waals surface area (Å²) in [6.07, 6.45) is -0.361. The lowest BCUT2D eigenvalue weighted by atomic mass is 10.4. The molecule has 2 unspecified atom stereocenters. The zero-order valence-electron chi connectivity index (χ0n) is 9.36. The van der Waals surface area contributed by atoms with Crippen molar-refractivity contribution in [2.45, 2.75) is 33.0 Å². The van der Waals surface area contributed by atoms with Crippen LogP contribution < -0.4 is 0 Å². The summed E-state index contributed by atoms with van der Waals surface area (Å²) in [5.41, 5.74) is 0. The molecule has 0 saturated heterocycles. The first kappa shape index (κ1) is 13.8. The quantitative estimate of drug-likeness (QED) is 0.568. The smallest absolute Gasteiger partial charge is 0.0781 e. The summed E-state index contributed by atoms with van der Waals surface area (Å²) in [7, 11) is 0. The van der Waals surface area contributed by atoms with Crippen LogP contribution in [0.1, 0.15) is 20.8 Å². The Bertz CT molecular complexity index is 117. The Hall–Kier alpha value is -0.160. The molecule has 0 heterocycles. The molecule has 0 aliphatic carbocycles. The van der Waals surface area contributed by atoms with Crippen molar-refractivity contribution < 1.29 is 19.3 Å². The largest absolute Gasteiger partial charge is 0.391 e. The van der Waals surface area contributed by atoms with E-state index < -0.39 is 6.10 Å². The van der Waals surface area contributed by atoms with Gasteiger partial charge < -0.3 is 19.3 Å². The molecule has 0 aromatic carbocycles. The highest BCUT2D eigenvalue weighted by Crippen LogP contribution is 1.93. The molecule has 86 valence electrons. The van der Waals surface area contributed by atoms with E-state index in [1.54, 1.807) is 6.92 Å². The van der Waals surface area contributed by atoms with Gasteiger partial charge in [-0.1, -0.05) is 0 Å². The van der Waals surface area contributed by atoms with E-state index in [1.807, 2.05) is 13.8 Å². The second kappa shape index (κ2) is 9.40. The van der Waals surface area contributed by atoms with Crippen molar-refractivity contribution in [1.82, 2.24) is 0 Å². The highest BCUT2D eigenvalue weighted by Gasteiger charge is 2.03. The van der Waals surface area contributed by atoms with Crippen LogP contribution in [0.2, 0.25) is 0 Å². The number of hydrogen-bond acceptors (Lipinski definition) is 4. The fraction of sp³-hybridized carbons (Fsp3) is 1.00. The van der Waals surface area contributed by atoms with Gasteiger partial charge in [0.1, 0.15) is 0 Å². The van der Waals surface area contributed by atoms with Crippen LogP contribution in [0.25, 0.3) is 0 Å². The summed E-state index contributed by atoms with van der Waals surface area (Å²) in [5.74, 6) is 0. The molecule has 0 spiro atoms. The third-order valence-electron chi connectivity index (χ3n) is 1.55. The fourth-order valence-electron chi connectivity index (χ4n) is 0.905. The van der Waals surface area contributed by atoms with Gasteiger partial charge in [-0.15, -0.1) is 0 Å². The van der Waals surface area contributed by atoms with Crippen LogP contribution in [0.3, 0.4) is 0 Å². The maximum absolute atomic E-state index is 8.93. The van der Waals surface area contributed by atoms with Crippen LogP contribution in [0.15, 0.2) is 0 Å². The van der Waals surface area contributed by atoms with Gasteiger partial charge in [0.25, 0.3) is 0 Å². The van der Waals surface area contributed by atoms with Crippen LogP contribution >= 0.6 is 0 Å². The van der Waals surface area contributed by atoms with Crippen molar-refractivity contribution in [2.75, 3.05) is 33.0 Å². The molecule has 0 aliphatic rings. The molecule has 1 N–H and O–H groups in total. The number of hydrogen-bond donors (Lipinski definition) is 1. The Kier molecular flexibility index (Phi) is 9.29. The van der Waals surface area contributed by atoms with Crippen molar-refractivity contribution in [3.8, 4) is 0 Å². The van der Waals surface area contributed by atoms with E-state index in [-0.39, 0.29) is 6.10 Å². The molecule has 2 atom stereocenters. The number of ether oxygens (including phenoxy) is 3. The molecule has 0 aromatic heterocycles. The van der Waals surface area contributed by atoms with Gasteiger partial charge in [0.2, 0.25) is 0 Å². The summed E-state index contributed by atoms with van der Waals surface area (Å²) in [5, 5.41) is 8.93. The molecule has 0 amide bonds. The minimum absolute atomic E-state index is 0.0502. The first-order chi connectivity index (χ1) is 6.66. The molecule has 0 bridgehead atoms. The minimum Gasteiger partial charge on any atom is -0.391 e. The molecule has 0 fully saturated rings. The average Bonchev–Trinajstić information content (AvgIpc) is 2.12. The van der Waals surface area contributed by atoms with Gasteiger partial charge in [-0.3, -0.25) is 0 Å². The van der Waals surface area contributed by atoms with Crippen LogP contribution in [0.4, 0.5) is 0 Å². The standard InChI is InChI=1S/C10H22O4/c1-4-12-5-6-14-10(3)8-13-7-9(2)11/h9-11H,4-8H2,1-3H3. The van der Waals surface area contributed by atoms with Crippen LogP contribution in [-0.4, -0.2) is 50.3 Å². The maximum Gasteiger partial charge on any atom is 0.0781 e. The predicted molar refractivity (Wildman–Crippen MR) is 54.4 cm³/mol. The van der Waals surface area contributed by atoms with Crippen molar-refractivity contribution in [3.63, 3.8) is 0 Å².